The standard InChI is InChI=1S/C30H40N2O5/c1-7-31(8-2)16-17-32-27(22-10-13-24(14-11-22)36-9-3)26(29(34)30(32)35)28(33)23-12-15-25(21(6)18-23)37-19-20(4)5/h10-15,18,20,27,33H,7-9,16-17,19H2,1-6H3/b28-26+/t27-/m1/s1. The van der Waals surface area contributed by atoms with E-state index >= 15 is 0 Å². The van der Waals surface area contributed by atoms with Crippen molar-refractivity contribution in [3.63, 3.8) is 0 Å². The Labute approximate surface area is 220 Å². The summed E-state index contributed by atoms with van der Waals surface area (Å²) in [6.45, 7) is 15.9. The molecule has 3 rings (SSSR count). The lowest BCUT2D eigenvalue weighted by atomic mass is 9.94. The number of ether oxygens (including phenoxy) is 2. The zero-order chi connectivity index (χ0) is 27.1. The molecular weight excluding hydrogens is 468 g/mol. The van der Waals surface area contributed by atoms with Gasteiger partial charge >= 0.3 is 0 Å². The molecule has 7 nitrogen and oxygen atoms in total. The van der Waals surface area contributed by atoms with Crippen LogP contribution in [0.1, 0.15) is 57.4 Å². The number of aliphatic hydroxyl groups excluding tert-OH is 1. The van der Waals surface area contributed by atoms with E-state index in [2.05, 4.69) is 32.6 Å². The summed E-state index contributed by atoms with van der Waals surface area (Å²) in [6, 6.07) is 12.0. The van der Waals surface area contributed by atoms with Gasteiger partial charge in [0.1, 0.15) is 17.3 Å². The minimum atomic E-state index is -0.691. The molecule has 1 aliphatic rings. The molecule has 1 fully saturated rings. The lowest BCUT2D eigenvalue weighted by molar-refractivity contribution is -0.140. The number of carbonyl (C=O) groups is 2. The van der Waals surface area contributed by atoms with Gasteiger partial charge in [0.05, 0.1) is 24.8 Å². The van der Waals surface area contributed by atoms with Crippen LogP contribution < -0.4 is 9.47 Å². The van der Waals surface area contributed by atoms with Crippen LogP contribution in [-0.2, 0) is 9.59 Å². The molecule has 0 aromatic heterocycles. The number of rotatable bonds is 12. The van der Waals surface area contributed by atoms with Crippen molar-refractivity contribution < 1.29 is 24.2 Å². The molecule has 200 valence electrons. The molecule has 0 radical (unpaired) electrons. The van der Waals surface area contributed by atoms with Crippen LogP contribution in [-0.4, -0.2) is 66.0 Å². The Hall–Kier alpha value is -3.32. The highest BCUT2D eigenvalue weighted by molar-refractivity contribution is 6.46. The highest BCUT2D eigenvalue weighted by Gasteiger charge is 2.46. The Morgan fingerprint density at radius 3 is 2.27 bits per heavy atom. The smallest absolute Gasteiger partial charge is 0.295 e. The number of nitrogens with zero attached hydrogens (tertiary/aromatic N) is 2. The van der Waals surface area contributed by atoms with Crippen LogP contribution in [0.5, 0.6) is 11.5 Å². The number of carbonyl (C=O) groups excluding carboxylic acids is 2. The molecule has 1 aliphatic heterocycles. The van der Waals surface area contributed by atoms with Gasteiger partial charge in [-0.25, -0.2) is 0 Å². The number of likely N-dealkylation sites (N-methyl/N-ethyl adjacent to an activating group) is 1. The molecule has 1 amide bonds. The van der Waals surface area contributed by atoms with Crippen LogP contribution in [0.4, 0.5) is 0 Å². The van der Waals surface area contributed by atoms with E-state index in [9.17, 15) is 14.7 Å². The molecule has 37 heavy (non-hydrogen) atoms. The van der Waals surface area contributed by atoms with Crippen LogP contribution in [0, 0.1) is 12.8 Å². The summed E-state index contributed by atoms with van der Waals surface area (Å²) >= 11 is 0. The van der Waals surface area contributed by atoms with Gasteiger partial charge in [0.2, 0.25) is 0 Å². The normalized spacial score (nSPS) is 17.2. The van der Waals surface area contributed by atoms with Crippen molar-refractivity contribution in [2.75, 3.05) is 39.4 Å². The predicted molar refractivity (Wildman–Crippen MR) is 146 cm³/mol. The number of Topliss-reactive ketones (excluding diaryl/α,β-unsaturated/α-hetero) is 1. The number of benzene rings is 2. The predicted octanol–water partition coefficient (Wildman–Crippen LogP) is 5.19. The van der Waals surface area contributed by atoms with Gasteiger partial charge in [-0.05, 0) is 74.3 Å². The first-order chi connectivity index (χ1) is 17.7. The minimum Gasteiger partial charge on any atom is -0.507 e. The molecule has 0 spiro atoms. The number of ketones is 1. The van der Waals surface area contributed by atoms with Crippen molar-refractivity contribution in [1.29, 1.82) is 0 Å². The summed E-state index contributed by atoms with van der Waals surface area (Å²) < 4.78 is 11.4. The average Bonchev–Trinajstić information content (AvgIpc) is 3.13. The number of hydrogen-bond acceptors (Lipinski definition) is 6. The second-order valence-corrected chi connectivity index (χ2v) is 9.71. The first-order valence-corrected chi connectivity index (χ1v) is 13.2. The fraction of sp³-hybridized carbons (Fsp3) is 0.467. The Morgan fingerprint density at radius 1 is 1.03 bits per heavy atom. The minimum absolute atomic E-state index is 0.101. The van der Waals surface area contributed by atoms with Gasteiger partial charge in [-0.1, -0.05) is 39.8 Å². The van der Waals surface area contributed by atoms with Crippen molar-refractivity contribution in [3.8, 4) is 11.5 Å². The van der Waals surface area contributed by atoms with Crippen LogP contribution in [0.25, 0.3) is 5.76 Å². The first-order valence-electron chi connectivity index (χ1n) is 13.2. The average molecular weight is 509 g/mol. The zero-order valence-corrected chi connectivity index (χ0v) is 22.9. The molecule has 0 aliphatic carbocycles. The molecule has 1 saturated heterocycles. The monoisotopic (exact) mass is 508 g/mol. The Balaban J connectivity index is 2.05. The van der Waals surface area contributed by atoms with Gasteiger partial charge in [-0.15, -0.1) is 0 Å². The maximum Gasteiger partial charge on any atom is 0.295 e. The maximum absolute atomic E-state index is 13.3. The third kappa shape index (κ3) is 6.52. The van der Waals surface area contributed by atoms with Crippen LogP contribution in [0.3, 0.4) is 0 Å². The quantitative estimate of drug-likeness (QED) is 0.241. The van der Waals surface area contributed by atoms with Gasteiger partial charge in [0, 0.05) is 18.7 Å². The Kier molecular flexibility index (Phi) is 9.75. The van der Waals surface area contributed by atoms with E-state index in [0.29, 0.717) is 43.5 Å². The maximum atomic E-state index is 13.3. The Morgan fingerprint density at radius 2 is 1.70 bits per heavy atom. The molecule has 7 heteroatoms. The molecule has 2 aromatic carbocycles. The van der Waals surface area contributed by atoms with Gasteiger partial charge in [0.25, 0.3) is 11.7 Å². The number of aliphatic hydroxyl groups is 1. The van der Waals surface area contributed by atoms with Crippen LogP contribution in [0.2, 0.25) is 0 Å². The van der Waals surface area contributed by atoms with Crippen molar-refractivity contribution in [3.05, 3.63) is 64.7 Å². The summed E-state index contributed by atoms with van der Waals surface area (Å²) in [5.74, 6) is 0.372. The second-order valence-electron chi connectivity index (χ2n) is 9.71. The van der Waals surface area contributed by atoms with E-state index in [1.807, 2.05) is 38.1 Å². The molecule has 1 N–H and O–H groups in total. The summed E-state index contributed by atoms with van der Waals surface area (Å²) in [5.41, 5.74) is 2.17. The molecule has 1 atom stereocenters. The number of hydrogen-bond donors (Lipinski definition) is 1. The van der Waals surface area contributed by atoms with E-state index in [0.717, 1.165) is 30.0 Å². The molecule has 2 aromatic rings. The number of aryl methyl sites for hydroxylation is 1. The van der Waals surface area contributed by atoms with Crippen molar-refractivity contribution in [2.45, 2.75) is 47.6 Å². The fourth-order valence-electron chi connectivity index (χ4n) is 4.53. The fourth-order valence-corrected chi connectivity index (χ4v) is 4.53. The van der Waals surface area contributed by atoms with Crippen LogP contribution >= 0.6 is 0 Å². The summed E-state index contributed by atoms with van der Waals surface area (Å²) in [4.78, 5) is 30.3. The SMILES string of the molecule is CCOc1ccc([C@@H]2/C(=C(\O)c3ccc(OCC(C)C)c(C)c3)C(=O)C(=O)N2CCN(CC)CC)cc1. The molecule has 0 bridgehead atoms. The first kappa shape index (κ1) is 28.3. The van der Waals surface area contributed by atoms with E-state index in [1.54, 1.807) is 23.1 Å². The third-order valence-electron chi connectivity index (χ3n) is 6.62. The van der Waals surface area contributed by atoms with Gasteiger partial charge in [-0.3, -0.25) is 9.59 Å². The van der Waals surface area contributed by atoms with E-state index in [4.69, 9.17) is 9.47 Å². The highest BCUT2D eigenvalue weighted by Crippen LogP contribution is 2.40. The topological polar surface area (TPSA) is 79.3 Å². The van der Waals surface area contributed by atoms with Crippen molar-refractivity contribution in [1.82, 2.24) is 9.80 Å². The largest absolute Gasteiger partial charge is 0.507 e. The molecular formula is C30H40N2O5. The third-order valence-corrected chi connectivity index (χ3v) is 6.62. The second kappa shape index (κ2) is 12.8. The van der Waals surface area contributed by atoms with Gasteiger partial charge in [-0.2, -0.15) is 0 Å². The van der Waals surface area contributed by atoms with Crippen LogP contribution in [0.15, 0.2) is 48.0 Å². The zero-order valence-electron chi connectivity index (χ0n) is 22.9. The lowest BCUT2D eigenvalue weighted by Gasteiger charge is -2.28. The molecule has 0 unspecified atom stereocenters. The van der Waals surface area contributed by atoms with Gasteiger partial charge < -0.3 is 24.4 Å². The number of likely N-dealkylation sites (tertiary alicyclic amines) is 1. The number of amides is 1. The van der Waals surface area contributed by atoms with Gasteiger partial charge in [0.15, 0.2) is 0 Å². The van der Waals surface area contributed by atoms with Crippen molar-refractivity contribution >= 4 is 17.4 Å². The van der Waals surface area contributed by atoms with E-state index < -0.39 is 17.7 Å². The molecule has 0 saturated carbocycles. The summed E-state index contributed by atoms with van der Waals surface area (Å²) in [5, 5.41) is 11.4. The summed E-state index contributed by atoms with van der Waals surface area (Å²) in [7, 11) is 0. The van der Waals surface area contributed by atoms with E-state index in [1.165, 1.54) is 0 Å². The highest BCUT2D eigenvalue weighted by atomic mass is 16.5. The molecule has 1 heterocycles. The van der Waals surface area contributed by atoms with E-state index in [-0.39, 0.29) is 11.3 Å². The lowest BCUT2D eigenvalue weighted by Crippen LogP contribution is -2.38. The Bertz CT molecular complexity index is 1120. The van der Waals surface area contributed by atoms with Crippen molar-refractivity contribution in [2.24, 2.45) is 5.92 Å². The summed E-state index contributed by atoms with van der Waals surface area (Å²) in [6.07, 6.45) is 0.